The standard InChI is InChI=1S/C14H23N2OP/c1-6-18(7-2)12-10-8-9-11(15-12)16-13(17)14(3,4)5/h8-10H,6-7H2,1-5H3,(H,15,16,17). The summed E-state index contributed by atoms with van der Waals surface area (Å²) in [6, 6.07) is 5.89. The first-order valence-electron chi connectivity index (χ1n) is 6.42. The van der Waals surface area contributed by atoms with Crippen LogP contribution in [0.3, 0.4) is 0 Å². The van der Waals surface area contributed by atoms with E-state index in [1.165, 1.54) is 0 Å². The average Bonchev–Trinajstić information content (AvgIpc) is 2.30. The Labute approximate surface area is 111 Å². The second kappa shape index (κ2) is 6.29. The van der Waals surface area contributed by atoms with Crippen molar-refractivity contribution in [2.75, 3.05) is 17.6 Å². The van der Waals surface area contributed by atoms with E-state index in [2.05, 4.69) is 30.2 Å². The van der Waals surface area contributed by atoms with Crippen LogP contribution >= 0.6 is 7.92 Å². The van der Waals surface area contributed by atoms with Crippen molar-refractivity contribution in [2.45, 2.75) is 34.6 Å². The van der Waals surface area contributed by atoms with Gasteiger partial charge in [0.2, 0.25) is 5.91 Å². The fourth-order valence-corrected chi connectivity index (χ4v) is 3.16. The smallest absolute Gasteiger partial charge is 0.230 e. The predicted octanol–water partition coefficient (Wildman–Crippen LogP) is 3.21. The van der Waals surface area contributed by atoms with E-state index in [9.17, 15) is 4.79 Å². The van der Waals surface area contributed by atoms with E-state index in [1.807, 2.05) is 32.9 Å². The summed E-state index contributed by atoms with van der Waals surface area (Å²) in [5, 5.41) is 2.89. The Kier molecular flexibility index (Phi) is 5.28. The van der Waals surface area contributed by atoms with Gasteiger partial charge in [-0.25, -0.2) is 4.98 Å². The van der Waals surface area contributed by atoms with Crippen LogP contribution in [-0.2, 0) is 4.79 Å². The highest BCUT2D eigenvalue weighted by molar-refractivity contribution is 7.65. The Morgan fingerprint density at radius 3 is 2.39 bits per heavy atom. The number of carbonyl (C=O) groups excluding carboxylic acids is 1. The highest BCUT2D eigenvalue weighted by Gasteiger charge is 2.21. The number of nitrogens with zero attached hydrogens (tertiary/aromatic N) is 1. The quantitative estimate of drug-likeness (QED) is 0.850. The zero-order chi connectivity index (χ0) is 13.8. The Morgan fingerprint density at radius 1 is 1.28 bits per heavy atom. The molecule has 0 unspecified atom stereocenters. The molecule has 1 aromatic rings. The van der Waals surface area contributed by atoms with Crippen LogP contribution in [0.2, 0.25) is 0 Å². The van der Waals surface area contributed by atoms with Crippen molar-refractivity contribution < 1.29 is 4.79 Å². The first-order chi connectivity index (χ1) is 8.38. The highest BCUT2D eigenvalue weighted by atomic mass is 31.1. The summed E-state index contributed by atoms with van der Waals surface area (Å²) in [5.41, 5.74) is 0.736. The normalized spacial score (nSPS) is 11.7. The molecular formula is C14H23N2OP. The summed E-state index contributed by atoms with van der Waals surface area (Å²) in [6.07, 6.45) is 2.27. The predicted molar refractivity (Wildman–Crippen MR) is 80.0 cm³/mol. The number of hydrogen-bond acceptors (Lipinski definition) is 2. The van der Waals surface area contributed by atoms with Crippen molar-refractivity contribution >= 4 is 25.1 Å². The molecule has 1 heterocycles. The van der Waals surface area contributed by atoms with Gasteiger partial charge in [0.05, 0.1) is 5.44 Å². The monoisotopic (exact) mass is 266 g/mol. The van der Waals surface area contributed by atoms with Crippen molar-refractivity contribution in [3.63, 3.8) is 0 Å². The third-order valence-electron chi connectivity index (χ3n) is 2.74. The Hall–Kier alpha value is -0.950. The van der Waals surface area contributed by atoms with Gasteiger partial charge < -0.3 is 5.32 Å². The molecule has 0 bridgehead atoms. The molecule has 100 valence electrons. The number of carbonyl (C=O) groups is 1. The van der Waals surface area contributed by atoms with E-state index in [0.29, 0.717) is 5.82 Å². The maximum atomic E-state index is 11.9. The summed E-state index contributed by atoms with van der Waals surface area (Å²) in [4.78, 5) is 16.5. The highest BCUT2D eigenvalue weighted by Crippen LogP contribution is 2.32. The Bertz CT molecular complexity index is 409. The number of anilines is 1. The number of amides is 1. The van der Waals surface area contributed by atoms with Crippen LogP contribution in [0.25, 0.3) is 0 Å². The van der Waals surface area contributed by atoms with Crippen molar-refractivity contribution in [3.8, 4) is 0 Å². The van der Waals surface area contributed by atoms with Crippen LogP contribution in [0, 0.1) is 5.41 Å². The van der Waals surface area contributed by atoms with Gasteiger partial charge in [0.1, 0.15) is 5.82 Å². The maximum absolute atomic E-state index is 11.9. The second-order valence-corrected chi connectivity index (χ2v) is 8.06. The molecule has 0 aromatic carbocycles. The largest absolute Gasteiger partial charge is 0.310 e. The molecule has 0 aliphatic carbocycles. The summed E-state index contributed by atoms with van der Waals surface area (Å²) in [7, 11) is -0.183. The number of hydrogen-bond donors (Lipinski definition) is 1. The number of nitrogens with one attached hydrogen (secondary N) is 1. The molecule has 4 heteroatoms. The van der Waals surface area contributed by atoms with E-state index >= 15 is 0 Å². The van der Waals surface area contributed by atoms with Gasteiger partial charge in [-0.2, -0.15) is 0 Å². The van der Waals surface area contributed by atoms with Gasteiger partial charge in [-0.3, -0.25) is 4.79 Å². The van der Waals surface area contributed by atoms with E-state index in [-0.39, 0.29) is 13.8 Å². The number of aromatic nitrogens is 1. The van der Waals surface area contributed by atoms with Crippen LogP contribution in [0.4, 0.5) is 5.82 Å². The molecule has 1 rings (SSSR count). The lowest BCUT2D eigenvalue weighted by molar-refractivity contribution is -0.123. The van der Waals surface area contributed by atoms with Crippen LogP contribution in [0.5, 0.6) is 0 Å². The first-order valence-corrected chi connectivity index (χ1v) is 8.13. The second-order valence-electron chi connectivity index (χ2n) is 5.26. The van der Waals surface area contributed by atoms with Gasteiger partial charge in [0, 0.05) is 5.41 Å². The average molecular weight is 266 g/mol. The van der Waals surface area contributed by atoms with Crippen LogP contribution in [-0.4, -0.2) is 23.2 Å². The summed E-state index contributed by atoms with van der Waals surface area (Å²) < 4.78 is 0. The van der Waals surface area contributed by atoms with Gasteiger partial charge in [-0.1, -0.05) is 48.6 Å². The fraction of sp³-hybridized carbons (Fsp3) is 0.571. The van der Waals surface area contributed by atoms with E-state index in [1.54, 1.807) is 0 Å². The zero-order valence-corrected chi connectivity index (χ0v) is 12.8. The van der Waals surface area contributed by atoms with E-state index in [4.69, 9.17) is 0 Å². The Morgan fingerprint density at radius 2 is 1.89 bits per heavy atom. The fourth-order valence-electron chi connectivity index (χ4n) is 1.52. The zero-order valence-electron chi connectivity index (χ0n) is 11.9. The SMILES string of the molecule is CCP(CC)c1cccc(NC(=O)C(C)(C)C)n1. The topological polar surface area (TPSA) is 42.0 Å². The molecule has 0 saturated carbocycles. The van der Waals surface area contributed by atoms with Crippen LogP contribution in [0.15, 0.2) is 18.2 Å². The maximum Gasteiger partial charge on any atom is 0.230 e. The summed E-state index contributed by atoms with van der Waals surface area (Å²) in [5.74, 6) is 0.672. The molecule has 3 nitrogen and oxygen atoms in total. The van der Waals surface area contributed by atoms with E-state index < -0.39 is 5.41 Å². The van der Waals surface area contributed by atoms with Gasteiger partial charge in [-0.15, -0.1) is 0 Å². The van der Waals surface area contributed by atoms with Crippen molar-refractivity contribution in [1.82, 2.24) is 4.98 Å². The molecule has 0 aliphatic rings. The van der Waals surface area contributed by atoms with Crippen LogP contribution < -0.4 is 10.8 Å². The lowest BCUT2D eigenvalue weighted by Crippen LogP contribution is -2.28. The third-order valence-corrected chi connectivity index (χ3v) is 5.17. The third kappa shape index (κ3) is 4.06. The van der Waals surface area contributed by atoms with Gasteiger partial charge in [0.25, 0.3) is 0 Å². The minimum absolute atomic E-state index is 0.00414. The van der Waals surface area contributed by atoms with Gasteiger partial charge >= 0.3 is 0 Å². The van der Waals surface area contributed by atoms with E-state index in [0.717, 1.165) is 17.8 Å². The summed E-state index contributed by atoms with van der Waals surface area (Å²) >= 11 is 0. The molecule has 0 radical (unpaired) electrons. The molecule has 1 amide bonds. The first kappa shape index (κ1) is 15.1. The molecule has 0 fully saturated rings. The lowest BCUT2D eigenvalue weighted by atomic mass is 9.96. The Balaban J connectivity index is 2.86. The minimum Gasteiger partial charge on any atom is -0.310 e. The van der Waals surface area contributed by atoms with Crippen molar-refractivity contribution in [3.05, 3.63) is 18.2 Å². The molecule has 0 atom stereocenters. The van der Waals surface area contributed by atoms with Gasteiger partial charge in [0.15, 0.2) is 0 Å². The van der Waals surface area contributed by atoms with Crippen molar-refractivity contribution in [2.24, 2.45) is 5.41 Å². The summed E-state index contributed by atoms with van der Waals surface area (Å²) in [6.45, 7) is 10.1. The minimum atomic E-state index is -0.391. The molecular weight excluding hydrogens is 243 g/mol. The molecule has 1 N–H and O–H groups in total. The van der Waals surface area contributed by atoms with Crippen molar-refractivity contribution in [1.29, 1.82) is 0 Å². The van der Waals surface area contributed by atoms with Crippen LogP contribution in [0.1, 0.15) is 34.6 Å². The number of pyridine rings is 1. The molecule has 0 aliphatic heterocycles. The van der Waals surface area contributed by atoms with Gasteiger partial charge in [-0.05, 0) is 24.5 Å². The number of rotatable bonds is 4. The molecule has 0 spiro atoms. The molecule has 0 saturated heterocycles. The molecule has 1 aromatic heterocycles. The lowest BCUT2D eigenvalue weighted by Gasteiger charge is -2.18. The molecule has 18 heavy (non-hydrogen) atoms.